The molecule has 9 heteroatoms. The second kappa shape index (κ2) is 12.6. The van der Waals surface area contributed by atoms with Gasteiger partial charge in [0.25, 0.3) is 5.91 Å². The molecule has 2 aromatic rings. The molecule has 0 spiro atoms. The molecule has 4 rings (SSSR count). The maximum atomic E-state index is 13.6. The van der Waals surface area contributed by atoms with E-state index in [4.69, 9.17) is 19.3 Å². The maximum absolute atomic E-state index is 13.6. The van der Waals surface area contributed by atoms with Gasteiger partial charge in [0, 0.05) is 39.7 Å². The molecule has 0 N–H and O–H groups in total. The highest BCUT2D eigenvalue weighted by Gasteiger charge is 2.34. The zero-order chi connectivity index (χ0) is 25.3. The highest BCUT2D eigenvalue weighted by atomic mass is 16.5. The molecular weight excluding hydrogens is 460 g/mol. The number of hydrazone groups is 1. The molecular formula is C27H34N4O5. The number of carbonyl (C=O) groups is 2. The lowest BCUT2D eigenvalue weighted by Gasteiger charge is -2.31. The van der Waals surface area contributed by atoms with Crippen molar-refractivity contribution in [2.24, 2.45) is 5.10 Å². The van der Waals surface area contributed by atoms with E-state index >= 15 is 0 Å². The van der Waals surface area contributed by atoms with Crippen LogP contribution in [0.25, 0.3) is 0 Å². The van der Waals surface area contributed by atoms with Gasteiger partial charge in [0.05, 0.1) is 32.1 Å². The van der Waals surface area contributed by atoms with Gasteiger partial charge in [-0.15, -0.1) is 0 Å². The van der Waals surface area contributed by atoms with Crippen LogP contribution in [-0.4, -0.2) is 99.1 Å². The molecule has 0 saturated carbocycles. The van der Waals surface area contributed by atoms with E-state index in [9.17, 15) is 9.59 Å². The van der Waals surface area contributed by atoms with Crippen molar-refractivity contribution in [3.05, 3.63) is 65.7 Å². The fraction of sp³-hybridized carbons (Fsp3) is 0.444. The third kappa shape index (κ3) is 6.48. The SMILES string of the molecule is COCC(=O)N(CCN1CCOCC1)CC(=O)N1N=C(c2ccc(OC)cc2)C[C@@H]1c1ccccc1. The highest BCUT2D eigenvalue weighted by molar-refractivity contribution is 6.03. The first kappa shape index (κ1) is 25.8. The van der Waals surface area contributed by atoms with Gasteiger partial charge in [-0.2, -0.15) is 5.10 Å². The minimum absolute atomic E-state index is 0.0603. The van der Waals surface area contributed by atoms with Crippen molar-refractivity contribution >= 4 is 17.5 Å². The number of benzene rings is 2. The molecule has 0 aliphatic carbocycles. The molecule has 2 aromatic carbocycles. The molecule has 2 heterocycles. The van der Waals surface area contributed by atoms with Gasteiger partial charge < -0.3 is 19.1 Å². The lowest BCUT2D eigenvalue weighted by atomic mass is 9.98. The standard InChI is InChI=1S/C27H34N4O5/c1-34-20-27(33)30(13-12-29-14-16-36-17-15-29)19-26(32)31-25(22-6-4-3-5-7-22)18-24(28-31)21-8-10-23(35-2)11-9-21/h3-11,25H,12-20H2,1-2H3/t25-/m1/s1. The molecule has 2 aliphatic heterocycles. The van der Waals surface area contributed by atoms with Crippen LogP contribution in [0.2, 0.25) is 0 Å². The Morgan fingerprint density at radius 3 is 2.44 bits per heavy atom. The van der Waals surface area contributed by atoms with E-state index in [0.29, 0.717) is 32.7 Å². The predicted octanol–water partition coefficient (Wildman–Crippen LogP) is 2.18. The summed E-state index contributed by atoms with van der Waals surface area (Å²) >= 11 is 0. The number of morpholine rings is 1. The molecule has 36 heavy (non-hydrogen) atoms. The summed E-state index contributed by atoms with van der Waals surface area (Å²) in [6, 6.07) is 17.3. The van der Waals surface area contributed by atoms with E-state index in [2.05, 4.69) is 4.90 Å². The number of hydrogen-bond donors (Lipinski definition) is 0. The molecule has 2 amide bonds. The van der Waals surface area contributed by atoms with Crippen LogP contribution in [0, 0.1) is 0 Å². The van der Waals surface area contributed by atoms with Gasteiger partial charge in [-0.3, -0.25) is 14.5 Å². The Kier molecular flexibility index (Phi) is 9.05. The van der Waals surface area contributed by atoms with Crippen LogP contribution in [-0.2, 0) is 19.1 Å². The second-order valence-electron chi connectivity index (χ2n) is 8.85. The van der Waals surface area contributed by atoms with Gasteiger partial charge >= 0.3 is 0 Å². The normalized spacial score (nSPS) is 18.1. The number of ether oxygens (including phenoxy) is 3. The van der Waals surface area contributed by atoms with E-state index in [-0.39, 0.29) is 31.0 Å². The molecule has 2 aliphatic rings. The zero-order valence-electron chi connectivity index (χ0n) is 21.0. The Bertz CT molecular complexity index is 1040. The van der Waals surface area contributed by atoms with Crippen molar-refractivity contribution < 1.29 is 23.8 Å². The second-order valence-corrected chi connectivity index (χ2v) is 8.85. The summed E-state index contributed by atoms with van der Waals surface area (Å²) < 4.78 is 15.8. The number of rotatable bonds is 10. The molecule has 1 atom stereocenters. The summed E-state index contributed by atoms with van der Waals surface area (Å²) in [5.41, 5.74) is 2.76. The minimum Gasteiger partial charge on any atom is -0.497 e. The molecule has 1 fully saturated rings. The summed E-state index contributed by atoms with van der Waals surface area (Å²) in [4.78, 5) is 30.2. The van der Waals surface area contributed by atoms with Crippen molar-refractivity contribution in [3.63, 3.8) is 0 Å². The van der Waals surface area contributed by atoms with Crippen molar-refractivity contribution in [2.75, 3.05) is 66.8 Å². The minimum atomic E-state index is -0.241. The number of nitrogens with zero attached hydrogens (tertiary/aromatic N) is 4. The fourth-order valence-electron chi connectivity index (χ4n) is 4.46. The number of hydrogen-bond acceptors (Lipinski definition) is 7. The first-order valence-electron chi connectivity index (χ1n) is 12.2. The van der Waals surface area contributed by atoms with E-state index in [1.165, 1.54) is 12.1 Å². The molecule has 0 bridgehead atoms. The monoisotopic (exact) mass is 494 g/mol. The van der Waals surface area contributed by atoms with Crippen molar-refractivity contribution in [2.45, 2.75) is 12.5 Å². The van der Waals surface area contributed by atoms with Crippen LogP contribution < -0.4 is 4.74 Å². The van der Waals surface area contributed by atoms with Gasteiger partial charge in [0.15, 0.2) is 0 Å². The largest absolute Gasteiger partial charge is 0.497 e. The molecule has 9 nitrogen and oxygen atoms in total. The van der Waals surface area contributed by atoms with Crippen molar-refractivity contribution in [3.8, 4) is 5.75 Å². The van der Waals surface area contributed by atoms with Crippen LogP contribution >= 0.6 is 0 Å². The van der Waals surface area contributed by atoms with E-state index < -0.39 is 0 Å². The topological polar surface area (TPSA) is 83.9 Å². The Labute approximate surface area is 212 Å². The fourth-order valence-corrected chi connectivity index (χ4v) is 4.46. The van der Waals surface area contributed by atoms with Gasteiger partial charge in [0.1, 0.15) is 18.9 Å². The van der Waals surface area contributed by atoms with Gasteiger partial charge in [0.2, 0.25) is 5.91 Å². The molecule has 192 valence electrons. The Morgan fingerprint density at radius 2 is 1.78 bits per heavy atom. The van der Waals surface area contributed by atoms with Crippen molar-refractivity contribution in [1.29, 1.82) is 0 Å². The first-order chi connectivity index (χ1) is 17.6. The number of amides is 2. The van der Waals surface area contributed by atoms with Gasteiger partial charge in [-0.25, -0.2) is 5.01 Å². The van der Waals surface area contributed by atoms with E-state index in [1.807, 2.05) is 54.6 Å². The average Bonchev–Trinajstić information content (AvgIpc) is 3.38. The summed E-state index contributed by atoms with van der Waals surface area (Å²) in [5.74, 6) is 0.324. The smallest absolute Gasteiger partial charge is 0.262 e. The molecule has 0 unspecified atom stereocenters. The lowest BCUT2D eigenvalue weighted by Crippen LogP contribution is -2.47. The quantitative estimate of drug-likeness (QED) is 0.504. The van der Waals surface area contributed by atoms with Gasteiger partial charge in [-0.05, 0) is 35.4 Å². The third-order valence-corrected chi connectivity index (χ3v) is 6.51. The maximum Gasteiger partial charge on any atom is 0.262 e. The van der Waals surface area contributed by atoms with Crippen LogP contribution in [0.5, 0.6) is 5.75 Å². The highest BCUT2D eigenvalue weighted by Crippen LogP contribution is 2.33. The Morgan fingerprint density at radius 1 is 1.06 bits per heavy atom. The van der Waals surface area contributed by atoms with Crippen LogP contribution in [0.1, 0.15) is 23.6 Å². The van der Waals surface area contributed by atoms with Crippen molar-refractivity contribution in [1.82, 2.24) is 14.8 Å². The molecule has 1 saturated heterocycles. The Hall–Kier alpha value is -3.27. The molecule has 0 aromatic heterocycles. The van der Waals surface area contributed by atoms with Crippen LogP contribution in [0.3, 0.4) is 0 Å². The lowest BCUT2D eigenvalue weighted by molar-refractivity contribution is -0.143. The number of carbonyl (C=O) groups excluding carboxylic acids is 2. The third-order valence-electron chi connectivity index (χ3n) is 6.51. The average molecular weight is 495 g/mol. The predicted molar refractivity (Wildman–Crippen MR) is 136 cm³/mol. The van der Waals surface area contributed by atoms with Crippen LogP contribution in [0.15, 0.2) is 59.7 Å². The molecule has 0 radical (unpaired) electrons. The summed E-state index contributed by atoms with van der Waals surface area (Å²) in [6.45, 7) is 3.98. The summed E-state index contributed by atoms with van der Waals surface area (Å²) in [6.07, 6.45) is 0.585. The Balaban J connectivity index is 1.53. The zero-order valence-corrected chi connectivity index (χ0v) is 21.0. The first-order valence-corrected chi connectivity index (χ1v) is 12.2. The van der Waals surface area contributed by atoms with Crippen LogP contribution in [0.4, 0.5) is 0 Å². The number of methoxy groups -OCH3 is 2. The van der Waals surface area contributed by atoms with E-state index in [0.717, 1.165) is 35.7 Å². The van der Waals surface area contributed by atoms with E-state index in [1.54, 1.807) is 12.0 Å². The summed E-state index contributed by atoms with van der Waals surface area (Å²) in [5, 5.41) is 6.28. The summed E-state index contributed by atoms with van der Waals surface area (Å²) in [7, 11) is 3.11. The van der Waals surface area contributed by atoms with Gasteiger partial charge in [-0.1, -0.05) is 30.3 Å².